The van der Waals surface area contributed by atoms with Crippen LogP contribution in [0.15, 0.2) is 37.7 Å². The molecule has 0 radical (unpaired) electrons. The van der Waals surface area contributed by atoms with E-state index in [0.717, 1.165) is 18.4 Å². The van der Waals surface area contributed by atoms with Gasteiger partial charge in [-0.25, -0.2) is 13.2 Å². The third kappa shape index (κ3) is 3.82. The van der Waals surface area contributed by atoms with Gasteiger partial charge in [0.1, 0.15) is 4.90 Å². The Bertz CT molecular complexity index is 794. The zero-order chi connectivity index (χ0) is 17.3. The molecule has 0 bridgehead atoms. The standard InChI is InChI=1S/C12H13ClN4O5S/c1-12(14-16-17-15-12)5-6-22-10-8(23(2,20)21)4-3-7(9(10)13)11(18)19/h3-4H,5-6H2,1-2H3,(H,18,19). The van der Waals surface area contributed by atoms with E-state index in [0.29, 0.717) is 0 Å². The van der Waals surface area contributed by atoms with Crippen molar-refractivity contribution >= 4 is 27.4 Å². The fourth-order valence-electron chi connectivity index (χ4n) is 1.83. The molecule has 1 N–H and O–H groups in total. The first-order valence-corrected chi connectivity index (χ1v) is 8.64. The topological polar surface area (TPSA) is 130 Å². The molecule has 0 aromatic heterocycles. The number of carbonyl (C=O) groups is 1. The lowest BCUT2D eigenvalue weighted by Gasteiger charge is -2.17. The van der Waals surface area contributed by atoms with Crippen LogP contribution in [0.3, 0.4) is 0 Å². The van der Waals surface area contributed by atoms with Gasteiger partial charge in [0.05, 0.1) is 17.2 Å². The van der Waals surface area contributed by atoms with E-state index >= 15 is 0 Å². The van der Waals surface area contributed by atoms with Gasteiger partial charge in [0.15, 0.2) is 21.2 Å². The Morgan fingerprint density at radius 2 is 1.96 bits per heavy atom. The molecule has 0 aliphatic carbocycles. The molecule has 2 rings (SSSR count). The maximum atomic E-state index is 11.8. The smallest absolute Gasteiger partial charge is 0.337 e. The molecule has 0 saturated carbocycles. The zero-order valence-corrected chi connectivity index (χ0v) is 13.8. The number of halogens is 1. The van der Waals surface area contributed by atoms with Crippen molar-refractivity contribution in [2.75, 3.05) is 12.9 Å². The Hall–Kier alpha value is -2.07. The van der Waals surface area contributed by atoms with Crippen LogP contribution in [0.5, 0.6) is 5.75 Å². The second kappa shape index (κ2) is 6.20. The average Bonchev–Trinajstić information content (AvgIpc) is 2.85. The van der Waals surface area contributed by atoms with Gasteiger partial charge < -0.3 is 9.84 Å². The second-order valence-corrected chi connectivity index (χ2v) is 7.39. The van der Waals surface area contributed by atoms with E-state index in [1.807, 2.05) is 0 Å². The highest BCUT2D eigenvalue weighted by atomic mass is 35.5. The number of carboxylic acids is 1. The Morgan fingerprint density at radius 3 is 2.48 bits per heavy atom. The molecule has 0 amide bonds. The van der Waals surface area contributed by atoms with Gasteiger partial charge in [-0.05, 0) is 29.5 Å². The summed E-state index contributed by atoms with van der Waals surface area (Å²) in [5.41, 5.74) is -1.14. The lowest BCUT2D eigenvalue weighted by Crippen LogP contribution is -2.20. The largest absolute Gasteiger partial charge is 0.490 e. The molecule has 11 heteroatoms. The Labute approximate surface area is 136 Å². The normalized spacial score (nSPS) is 15.8. The van der Waals surface area contributed by atoms with Crippen molar-refractivity contribution in [1.29, 1.82) is 0 Å². The maximum Gasteiger partial charge on any atom is 0.337 e. The van der Waals surface area contributed by atoms with Crippen molar-refractivity contribution in [3.8, 4) is 5.75 Å². The molecule has 23 heavy (non-hydrogen) atoms. The molecule has 1 aromatic carbocycles. The molecule has 1 aliphatic heterocycles. The Morgan fingerprint density at radius 1 is 1.35 bits per heavy atom. The van der Waals surface area contributed by atoms with Gasteiger partial charge in [0.25, 0.3) is 0 Å². The first kappa shape index (κ1) is 17.3. The van der Waals surface area contributed by atoms with E-state index in [4.69, 9.17) is 21.4 Å². The molecule has 1 heterocycles. The van der Waals surface area contributed by atoms with E-state index in [2.05, 4.69) is 20.7 Å². The van der Waals surface area contributed by atoms with Gasteiger partial charge in [-0.1, -0.05) is 11.6 Å². The fourth-order valence-corrected chi connectivity index (χ4v) is 3.00. The SMILES string of the molecule is CC1(CCOc2c(S(C)(=O)=O)ccc(C(=O)O)c2Cl)N=NN=N1. The molecule has 1 aromatic rings. The number of hydrogen-bond acceptors (Lipinski definition) is 8. The van der Waals surface area contributed by atoms with Gasteiger partial charge in [-0.2, -0.15) is 0 Å². The van der Waals surface area contributed by atoms with Crippen LogP contribution in [0.1, 0.15) is 23.7 Å². The molecule has 0 unspecified atom stereocenters. The zero-order valence-electron chi connectivity index (χ0n) is 12.2. The van der Waals surface area contributed by atoms with Gasteiger partial charge in [-0.15, -0.1) is 10.2 Å². The first-order chi connectivity index (χ1) is 10.6. The van der Waals surface area contributed by atoms with Crippen LogP contribution in [-0.4, -0.2) is 38.0 Å². The second-order valence-electron chi connectivity index (χ2n) is 5.03. The van der Waals surface area contributed by atoms with Crippen molar-refractivity contribution in [1.82, 2.24) is 0 Å². The number of sulfone groups is 1. The summed E-state index contributed by atoms with van der Waals surface area (Å²) in [6.07, 6.45) is 1.24. The maximum absolute atomic E-state index is 11.8. The van der Waals surface area contributed by atoms with Gasteiger partial charge in [0, 0.05) is 12.7 Å². The summed E-state index contributed by atoms with van der Waals surface area (Å²) in [5, 5.41) is 23.2. The number of carboxylic acid groups (broad SMARTS) is 1. The predicted octanol–water partition coefficient (Wildman–Crippen LogP) is 2.76. The fraction of sp³-hybridized carbons (Fsp3) is 0.417. The third-order valence-corrected chi connectivity index (χ3v) is 4.57. The van der Waals surface area contributed by atoms with E-state index in [-0.39, 0.29) is 34.3 Å². The van der Waals surface area contributed by atoms with Crippen LogP contribution in [0.2, 0.25) is 5.02 Å². The van der Waals surface area contributed by atoms with E-state index in [1.165, 1.54) is 0 Å². The predicted molar refractivity (Wildman–Crippen MR) is 79.8 cm³/mol. The Balaban J connectivity index is 2.31. The highest BCUT2D eigenvalue weighted by Gasteiger charge is 2.28. The minimum atomic E-state index is -3.65. The molecule has 0 atom stereocenters. The minimum Gasteiger partial charge on any atom is -0.490 e. The summed E-state index contributed by atoms with van der Waals surface area (Å²) in [6, 6.07) is 2.27. The Kier molecular flexibility index (Phi) is 4.66. The lowest BCUT2D eigenvalue weighted by molar-refractivity contribution is 0.0696. The van der Waals surface area contributed by atoms with Crippen molar-refractivity contribution in [3.63, 3.8) is 0 Å². The summed E-state index contributed by atoms with van der Waals surface area (Å²) < 4.78 is 29.1. The molecule has 9 nitrogen and oxygen atoms in total. The average molecular weight is 361 g/mol. The van der Waals surface area contributed by atoms with Gasteiger partial charge in [-0.3, -0.25) is 0 Å². The first-order valence-electron chi connectivity index (χ1n) is 6.37. The molecule has 0 saturated heterocycles. The van der Waals surface area contributed by atoms with Crippen LogP contribution >= 0.6 is 11.6 Å². The van der Waals surface area contributed by atoms with Crippen molar-refractivity contribution in [2.24, 2.45) is 20.7 Å². The van der Waals surface area contributed by atoms with Crippen molar-refractivity contribution in [2.45, 2.75) is 23.9 Å². The monoisotopic (exact) mass is 360 g/mol. The molecular formula is C12H13ClN4O5S. The van der Waals surface area contributed by atoms with E-state index in [9.17, 15) is 13.2 Å². The van der Waals surface area contributed by atoms with Crippen LogP contribution in [0.25, 0.3) is 0 Å². The summed E-state index contributed by atoms with van der Waals surface area (Å²) in [6.45, 7) is 1.67. The third-order valence-electron chi connectivity index (χ3n) is 3.07. The number of nitrogens with zero attached hydrogens (tertiary/aromatic N) is 4. The number of benzene rings is 1. The number of aromatic carboxylic acids is 1. The van der Waals surface area contributed by atoms with Crippen LogP contribution in [0.4, 0.5) is 0 Å². The quantitative estimate of drug-likeness (QED) is 0.833. The van der Waals surface area contributed by atoms with E-state index in [1.54, 1.807) is 6.92 Å². The summed E-state index contributed by atoms with van der Waals surface area (Å²) >= 11 is 5.99. The molecule has 0 spiro atoms. The van der Waals surface area contributed by atoms with Gasteiger partial charge in [0.2, 0.25) is 0 Å². The lowest BCUT2D eigenvalue weighted by atomic mass is 10.1. The molecular weight excluding hydrogens is 348 g/mol. The summed E-state index contributed by atoms with van der Waals surface area (Å²) in [5.74, 6) is -1.49. The molecule has 124 valence electrons. The molecule has 0 fully saturated rings. The van der Waals surface area contributed by atoms with E-state index < -0.39 is 21.5 Å². The van der Waals surface area contributed by atoms with Crippen LogP contribution < -0.4 is 4.74 Å². The van der Waals surface area contributed by atoms with Gasteiger partial charge >= 0.3 is 5.97 Å². The van der Waals surface area contributed by atoms with Crippen molar-refractivity contribution < 1.29 is 23.1 Å². The highest BCUT2D eigenvalue weighted by Crippen LogP contribution is 2.36. The number of hydrogen-bond donors (Lipinski definition) is 1. The minimum absolute atomic E-state index is 0.000146. The number of ether oxygens (including phenoxy) is 1. The summed E-state index contributed by atoms with van der Waals surface area (Å²) in [7, 11) is -3.65. The highest BCUT2D eigenvalue weighted by molar-refractivity contribution is 7.90. The van der Waals surface area contributed by atoms with Crippen LogP contribution in [0, 0.1) is 0 Å². The molecule has 1 aliphatic rings. The number of rotatable bonds is 6. The van der Waals surface area contributed by atoms with Crippen molar-refractivity contribution in [3.05, 3.63) is 22.7 Å². The summed E-state index contributed by atoms with van der Waals surface area (Å²) in [4.78, 5) is 10.9. The van der Waals surface area contributed by atoms with Crippen LogP contribution in [-0.2, 0) is 9.84 Å².